The van der Waals surface area contributed by atoms with Crippen molar-refractivity contribution in [2.75, 3.05) is 49.1 Å². The number of carbonyl (C=O) groups excluding carboxylic acids is 2. The van der Waals surface area contributed by atoms with Crippen molar-refractivity contribution in [3.05, 3.63) is 17.9 Å². The van der Waals surface area contributed by atoms with E-state index in [2.05, 4.69) is 20.2 Å². The summed E-state index contributed by atoms with van der Waals surface area (Å²) in [5.41, 5.74) is 1.82. The number of ether oxygens (including phenoxy) is 1. The Kier molecular flexibility index (Phi) is 4.20. The van der Waals surface area contributed by atoms with Gasteiger partial charge < -0.3 is 9.64 Å². The van der Waals surface area contributed by atoms with Gasteiger partial charge in [0.1, 0.15) is 5.82 Å². The number of rotatable bonds is 3. The van der Waals surface area contributed by atoms with Crippen LogP contribution in [0.25, 0.3) is 10.9 Å². The molecule has 34 heavy (non-hydrogen) atoms. The van der Waals surface area contributed by atoms with Gasteiger partial charge in [-0.25, -0.2) is 9.18 Å². The molecule has 0 unspecified atom stereocenters. The van der Waals surface area contributed by atoms with E-state index in [1.807, 2.05) is 6.07 Å². The Balaban J connectivity index is 1.04. The van der Waals surface area contributed by atoms with Gasteiger partial charge in [-0.1, -0.05) is 0 Å². The summed E-state index contributed by atoms with van der Waals surface area (Å²) in [4.78, 5) is 29.9. The highest BCUT2D eigenvalue weighted by Gasteiger charge is 2.58. The number of nitrogens with one attached hydrogen (secondary N) is 1. The summed E-state index contributed by atoms with van der Waals surface area (Å²) >= 11 is 0. The number of urea groups is 1. The molecule has 10 heteroatoms. The average Bonchev–Trinajstić information content (AvgIpc) is 3.31. The molecule has 0 atom stereocenters. The number of benzene rings is 1. The summed E-state index contributed by atoms with van der Waals surface area (Å²) < 4.78 is 22.9. The predicted octanol–water partition coefficient (Wildman–Crippen LogP) is 1.99. The molecule has 9 nitrogen and oxygen atoms in total. The minimum absolute atomic E-state index is 0.152. The molecule has 5 heterocycles. The van der Waals surface area contributed by atoms with E-state index in [9.17, 15) is 9.59 Å². The zero-order chi connectivity index (χ0) is 23.2. The molecule has 2 spiro atoms. The van der Waals surface area contributed by atoms with Crippen molar-refractivity contribution in [1.82, 2.24) is 20.0 Å². The number of hydrogen-bond acceptors (Lipinski definition) is 6. The number of halogens is 1. The first-order chi connectivity index (χ1) is 16.3. The Hall–Kier alpha value is -2.72. The molecule has 1 N–H and O–H groups in total. The zero-order valence-corrected chi connectivity index (χ0v) is 19.3. The van der Waals surface area contributed by atoms with Gasteiger partial charge in [0.15, 0.2) is 5.82 Å². The lowest BCUT2D eigenvalue weighted by Gasteiger charge is -2.64. The van der Waals surface area contributed by atoms with E-state index in [0.717, 1.165) is 38.3 Å². The van der Waals surface area contributed by atoms with Crippen LogP contribution in [0.15, 0.2) is 12.1 Å². The molecule has 0 radical (unpaired) electrons. The van der Waals surface area contributed by atoms with Gasteiger partial charge in [0, 0.05) is 69.6 Å². The molecule has 5 aliphatic rings. The molecule has 5 fully saturated rings. The Morgan fingerprint density at radius 1 is 1.18 bits per heavy atom. The highest BCUT2D eigenvalue weighted by molar-refractivity contribution is 6.09. The number of amides is 3. The monoisotopic (exact) mass is 468 g/mol. The molecule has 4 saturated heterocycles. The fourth-order valence-corrected chi connectivity index (χ4v) is 6.80. The third kappa shape index (κ3) is 2.94. The van der Waals surface area contributed by atoms with E-state index in [0.29, 0.717) is 28.3 Å². The van der Waals surface area contributed by atoms with E-state index < -0.39 is 6.03 Å². The van der Waals surface area contributed by atoms with E-state index >= 15 is 4.39 Å². The quantitative estimate of drug-likeness (QED) is 0.742. The molecule has 3 amide bonds. The molecule has 1 aliphatic carbocycles. The molecule has 2 aromatic rings. The van der Waals surface area contributed by atoms with E-state index in [1.165, 1.54) is 36.6 Å². The summed E-state index contributed by atoms with van der Waals surface area (Å²) in [5.74, 6) is -0.224. The van der Waals surface area contributed by atoms with Gasteiger partial charge in [0.05, 0.1) is 16.8 Å². The number of nitrogens with zero attached hydrogens (tertiary/aromatic N) is 5. The van der Waals surface area contributed by atoms with Gasteiger partial charge >= 0.3 is 6.03 Å². The third-order valence-electron chi connectivity index (χ3n) is 8.62. The van der Waals surface area contributed by atoms with E-state index in [1.54, 1.807) is 11.7 Å². The largest absolute Gasteiger partial charge is 0.372 e. The number of likely N-dealkylation sites (tertiary alicyclic amines) is 1. The molecule has 1 saturated carbocycles. The lowest BCUT2D eigenvalue weighted by molar-refractivity contribution is -0.158. The molecular formula is C24H29FN6O3. The smallest absolute Gasteiger partial charge is 0.329 e. The van der Waals surface area contributed by atoms with Crippen LogP contribution in [-0.2, 0) is 16.6 Å². The fourth-order valence-electron chi connectivity index (χ4n) is 6.80. The van der Waals surface area contributed by atoms with E-state index in [4.69, 9.17) is 4.74 Å². The summed E-state index contributed by atoms with van der Waals surface area (Å²) in [6.07, 6.45) is 4.96. The van der Waals surface area contributed by atoms with Crippen molar-refractivity contribution in [2.24, 2.45) is 12.5 Å². The molecule has 180 valence electrons. The topological polar surface area (TPSA) is 82.9 Å². The second-order valence-corrected chi connectivity index (χ2v) is 11.0. The van der Waals surface area contributed by atoms with Crippen LogP contribution < -0.4 is 15.1 Å². The number of anilines is 2. The molecule has 4 aliphatic heterocycles. The first-order valence-corrected chi connectivity index (χ1v) is 12.2. The van der Waals surface area contributed by atoms with Crippen LogP contribution in [0.4, 0.5) is 20.7 Å². The van der Waals surface area contributed by atoms with Gasteiger partial charge in [0.25, 0.3) is 0 Å². The zero-order valence-electron chi connectivity index (χ0n) is 19.3. The number of aryl methyl sites for hydroxylation is 1. The van der Waals surface area contributed by atoms with E-state index in [-0.39, 0.29) is 30.3 Å². The van der Waals surface area contributed by atoms with Crippen LogP contribution in [0.3, 0.4) is 0 Å². The Bertz CT molecular complexity index is 1200. The Morgan fingerprint density at radius 3 is 2.68 bits per heavy atom. The van der Waals surface area contributed by atoms with Crippen molar-refractivity contribution in [2.45, 2.75) is 43.7 Å². The molecular weight excluding hydrogens is 439 g/mol. The highest BCUT2D eigenvalue weighted by atomic mass is 19.1. The van der Waals surface area contributed by atoms with Gasteiger partial charge in [-0.05, 0) is 37.8 Å². The summed E-state index contributed by atoms with van der Waals surface area (Å²) in [7, 11) is 1.79. The van der Waals surface area contributed by atoms with Crippen molar-refractivity contribution < 1.29 is 18.7 Å². The van der Waals surface area contributed by atoms with Crippen LogP contribution in [0.2, 0.25) is 0 Å². The molecule has 7 rings (SSSR count). The minimum Gasteiger partial charge on any atom is -0.372 e. The van der Waals surface area contributed by atoms with Gasteiger partial charge in [-0.2, -0.15) is 5.10 Å². The lowest BCUT2D eigenvalue weighted by Crippen LogP contribution is -2.72. The first kappa shape index (κ1) is 20.6. The SMILES string of the molecule is Cn1nc(N2CCC(=O)NC2=O)c2cc(F)c(N3CC4(CC(N5CC6(CCCO6)C5)C4)C3)cc21. The van der Waals surface area contributed by atoms with Crippen LogP contribution in [-0.4, -0.2) is 77.6 Å². The maximum atomic E-state index is 15.2. The van der Waals surface area contributed by atoms with Crippen LogP contribution in [0.1, 0.15) is 32.1 Å². The van der Waals surface area contributed by atoms with Gasteiger partial charge in [-0.3, -0.25) is 24.6 Å². The number of fused-ring (bicyclic) bond motifs is 1. The standard InChI is InChI=1S/C24H29FN6O3/c1-28-18-8-19(17(25)7-16(18)21(27-28)31-5-3-20(32)26-22(31)33)30-11-23(12-30)9-15(10-23)29-13-24(14-29)4-2-6-34-24/h7-8,15H,2-6,9-14H2,1H3,(H,26,32,33). The number of carbonyl (C=O) groups is 2. The van der Waals surface area contributed by atoms with Crippen molar-refractivity contribution >= 4 is 34.3 Å². The Morgan fingerprint density at radius 2 is 1.97 bits per heavy atom. The van der Waals surface area contributed by atoms with Crippen molar-refractivity contribution in [3.63, 3.8) is 0 Å². The lowest BCUT2D eigenvalue weighted by atomic mass is 9.59. The summed E-state index contributed by atoms with van der Waals surface area (Å²) in [5, 5.41) is 7.36. The number of imide groups is 1. The average molecular weight is 469 g/mol. The number of aromatic nitrogens is 2. The first-order valence-electron chi connectivity index (χ1n) is 12.2. The normalized spacial score (nSPS) is 26.2. The summed E-state index contributed by atoms with van der Waals surface area (Å²) in [6, 6.07) is 3.45. The second-order valence-electron chi connectivity index (χ2n) is 11.0. The fraction of sp³-hybridized carbons (Fsp3) is 0.625. The van der Waals surface area contributed by atoms with Crippen LogP contribution >= 0.6 is 0 Å². The van der Waals surface area contributed by atoms with Crippen molar-refractivity contribution in [1.29, 1.82) is 0 Å². The molecule has 1 aromatic heterocycles. The third-order valence-corrected chi connectivity index (χ3v) is 8.62. The summed E-state index contributed by atoms with van der Waals surface area (Å²) in [6.45, 7) is 5.06. The van der Waals surface area contributed by atoms with Crippen LogP contribution in [0.5, 0.6) is 0 Å². The Labute approximate surface area is 196 Å². The maximum Gasteiger partial charge on any atom is 0.329 e. The van der Waals surface area contributed by atoms with Gasteiger partial charge in [0.2, 0.25) is 5.91 Å². The van der Waals surface area contributed by atoms with Gasteiger partial charge in [-0.15, -0.1) is 0 Å². The van der Waals surface area contributed by atoms with Crippen LogP contribution in [0, 0.1) is 11.2 Å². The van der Waals surface area contributed by atoms with Crippen molar-refractivity contribution in [3.8, 4) is 0 Å². The maximum absolute atomic E-state index is 15.2. The highest BCUT2D eigenvalue weighted by Crippen LogP contribution is 2.54. The number of hydrogen-bond donors (Lipinski definition) is 1. The predicted molar refractivity (Wildman–Crippen MR) is 123 cm³/mol. The second kappa shape index (κ2) is 6.91. The minimum atomic E-state index is -0.516. The molecule has 1 aromatic carbocycles. The molecule has 0 bridgehead atoms.